The second-order valence-electron chi connectivity index (χ2n) is 4.56. The molecule has 2 heterocycles. The van der Waals surface area contributed by atoms with Crippen molar-refractivity contribution in [3.05, 3.63) is 11.6 Å². The third-order valence-electron chi connectivity index (χ3n) is 3.13. The Balaban J connectivity index is 2.06. The molecule has 0 amide bonds. The number of nitrogens with zero attached hydrogens (tertiary/aromatic N) is 5. The number of hydrogen-bond donors (Lipinski definition) is 1. The summed E-state index contributed by atoms with van der Waals surface area (Å²) in [6.45, 7) is 3.91. The first-order chi connectivity index (χ1) is 9.45. The van der Waals surface area contributed by atoms with Gasteiger partial charge in [0.15, 0.2) is 0 Å². The second kappa shape index (κ2) is 5.76. The van der Waals surface area contributed by atoms with Crippen molar-refractivity contribution in [1.82, 2.24) is 25.0 Å². The van der Waals surface area contributed by atoms with Gasteiger partial charge in [-0.15, -0.1) is 10.2 Å². The number of rotatable bonds is 4. The number of aromatic nitrogens is 3. The van der Waals surface area contributed by atoms with Crippen molar-refractivity contribution in [3.8, 4) is 6.07 Å². The molecule has 9 heteroatoms. The Labute approximate surface area is 114 Å². The fraction of sp³-hybridized carbons (Fsp3) is 0.727. The van der Waals surface area contributed by atoms with E-state index in [1.54, 1.807) is 0 Å². The predicted octanol–water partition coefficient (Wildman–Crippen LogP) is 0.614. The topological polar surface area (TPSA) is 69.8 Å². The Morgan fingerprint density at radius 2 is 2.15 bits per heavy atom. The number of nitriles is 1. The highest BCUT2D eigenvalue weighted by molar-refractivity contribution is 5.03. The van der Waals surface area contributed by atoms with Crippen molar-refractivity contribution in [1.29, 1.82) is 5.26 Å². The van der Waals surface area contributed by atoms with Gasteiger partial charge in [0.2, 0.25) is 5.82 Å². The molecule has 1 atom stereocenters. The van der Waals surface area contributed by atoms with Gasteiger partial charge in [0.05, 0.1) is 12.6 Å². The van der Waals surface area contributed by atoms with Crippen molar-refractivity contribution in [2.24, 2.45) is 0 Å². The van der Waals surface area contributed by atoms with Crippen molar-refractivity contribution in [3.63, 3.8) is 0 Å². The smallest absolute Gasteiger partial charge is 0.305 e. The van der Waals surface area contributed by atoms with Crippen LogP contribution >= 0.6 is 0 Å². The molecule has 1 aliphatic rings. The van der Waals surface area contributed by atoms with Crippen LogP contribution in [0, 0.1) is 11.3 Å². The highest BCUT2D eigenvalue weighted by atomic mass is 19.4. The fourth-order valence-corrected chi connectivity index (χ4v) is 2.23. The van der Waals surface area contributed by atoms with E-state index in [0.29, 0.717) is 19.6 Å². The zero-order valence-electron chi connectivity index (χ0n) is 11.0. The first-order valence-electron chi connectivity index (χ1n) is 6.30. The minimum Gasteiger partial charge on any atom is -0.305 e. The lowest BCUT2D eigenvalue weighted by Gasteiger charge is -2.29. The number of halogens is 3. The normalized spacial score (nSPS) is 17.6. The first-order valence-corrected chi connectivity index (χ1v) is 6.30. The molecule has 110 valence electrons. The van der Waals surface area contributed by atoms with E-state index in [0.717, 1.165) is 4.57 Å². The van der Waals surface area contributed by atoms with E-state index in [1.807, 2.05) is 11.8 Å². The van der Waals surface area contributed by atoms with Crippen molar-refractivity contribution in [2.75, 3.05) is 19.6 Å². The molecule has 1 aromatic rings. The molecule has 1 unspecified atom stereocenters. The van der Waals surface area contributed by atoms with Crippen molar-refractivity contribution in [2.45, 2.75) is 32.2 Å². The minimum atomic E-state index is -4.48. The lowest BCUT2D eigenvalue weighted by Crippen LogP contribution is -2.43. The molecular weight excluding hydrogens is 273 g/mol. The average molecular weight is 288 g/mol. The van der Waals surface area contributed by atoms with Gasteiger partial charge < -0.3 is 9.88 Å². The maximum Gasteiger partial charge on any atom is 0.451 e. The summed E-state index contributed by atoms with van der Waals surface area (Å²) >= 11 is 0. The third kappa shape index (κ3) is 3.08. The van der Waals surface area contributed by atoms with Crippen LogP contribution in [0.25, 0.3) is 0 Å². The van der Waals surface area contributed by atoms with Crippen molar-refractivity contribution >= 4 is 0 Å². The van der Waals surface area contributed by atoms with Gasteiger partial charge in [-0.1, -0.05) is 6.92 Å². The van der Waals surface area contributed by atoms with Crippen LogP contribution in [0.2, 0.25) is 0 Å². The van der Waals surface area contributed by atoms with E-state index in [2.05, 4.69) is 21.6 Å². The summed E-state index contributed by atoms with van der Waals surface area (Å²) in [5, 5.41) is 18.8. The maximum absolute atomic E-state index is 12.7. The van der Waals surface area contributed by atoms with E-state index in [-0.39, 0.29) is 25.0 Å². The molecule has 0 bridgehead atoms. The molecule has 2 rings (SSSR count). The minimum absolute atomic E-state index is 0.182. The van der Waals surface area contributed by atoms with E-state index in [4.69, 9.17) is 5.26 Å². The molecule has 0 saturated carbocycles. The molecule has 0 radical (unpaired) electrons. The van der Waals surface area contributed by atoms with Crippen LogP contribution in [0.15, 0.2) is 0 Å². The highest BCUT2D eigenvalue weighted by Crippen LogP contribution is 2.29. The zero-order valence-corrected chi connectivity index (χ0v) is 11.0. The molecule has 6 nitrogen and oxygen atoms in total. The Morgan fingerprint density at radius 1 is 1.40 bits per heavy atom. The number of alkyl halides is 3. The molecule has 0 saturated heterocycles. The summed E-state index contributed by atoms with van der Waals surface area (Å²) in [5.41, 5.74) is 0. The van der Waals surface area contributed by atoms with Gasteiger partial charge in [0, 0.05) is 19.6 Å². The summed E-state index contributed by atoms with van der Waals surface area (Å²) in [7, 11) is 0. The molecular formula is C11H15F3N6. The zero-order chi connectivity index (χ0) is 14.8. The quantitative estimate of drug-likeness (QED) is 0.879. The van der Waals surface area contributed by atoms with Crippen LogP contribution in [-0.2, 0) is 19.3 Å². The summed E-state index contributed by atoms with van der Waals surface area (Å²) in [6.07, 6.45) is -4.48. The number of fused-ring (bicyclic) bond motifs is 1. The van der Waals surface area contributed by atoms with Crippen LogP contribution in [-0.4, -0.2) is 45.3 Å². The molecule has 20 heavy (non-hydrogen) atoms. The van der Waals surface area contributed by atoms with Gasteiger partial charge in [-0.2, -0.15) is 18.4 Å². The van der Waals surface area contributed by atoms with Crippen LogP contribution in [0.4, 0.5) is 13.2 Å². The predicted molar refractivity (Wildman–Crippen MR) is 63.4 cm³/mol. The van der Waals surface area contributed by atoms with Gasteiger partial charge >= 0.3 is 6.18 Å². The van der Waals surface area contributed by atoms with Gasteiger partial charge in [-0.3, -0.25) is 4.90 Å². The Kier molecular flexibility index (Phi) is 4.25. The molecule has 0 spiro atoms. The molecule has 1 aromatic heterocycles. The number of nitrogens with one attached hydrogen (secondary N) is 1. The summed E-state index contributed by atoms with van der Waals surface area (Å²) < 4.78 is 39.1. The van der Waals surface area contributed by atoms with Gasteiger partial charge in [-0.25, -0.2) is 0 Å². The average Bonchev–Trinajstić information content (AvgIpc) is 2.81. The summed E-state index contributed by atoms with van der Waals surface area (Å²) in [4.78, 5) is 1.90. The lowest BCUT2D eigenvalue weighted by atomic mass is 10.2. The monoisotopic (exact) mass is 288 g/mol. The van der Waals surface area contributed by atoms with E-state index >= 15 is 0 Å². The summed E-state index contributed by atoms with van der Waals surface area (Å²) in [5.74, 6) is -0.660. The number of likely N-dealkylation sites (N-methyl/N-ethyl adjacent to an activating group) is 1. The van der Waals surface area contributed by atoms with Crippen molar-refractivity contribution < 1.29 is 13.2 Å². The van der Waals surface area contributed by atoms with Gasteiger partial charge in [-0.05, 0) is 6.54 Å². The standard InChI is InChI=1S/C11H15F3N6/c1-2-16-8(5-15)6-19-3-4-20-9(7-19)17-18-10(20)11(12,13)14/h8,16H,2-4,6-7H2,1H3. The molecule has 1 aliphatic heterocycles. The largest absolute Gasteiger partial charge is 0.451 e. The van der Waals surface area contributed by atoms with Crippen LogP contribution in [0.3, 0.4) is 0 Å². The van der Waals surface area contributed by atoms with Crippen LogP contribution in [0.5, 0.6) is 0 Å². The Bertz CT molecular complexity index is 503. The second-order valence-corrected chi connectivity index (χ2v) is 4.56. The maximum atomic E-state index is 12.7. The number of hydrogen-bond acceptors (Lipinski definition) is 5. The van der Waals surface area contributed by atoms with Gasteiger partial charge in [0.1, 0.15) is 11.9 Å². The first kappa shape index (κ1) is 14.7. The Hall–Kier alpha value is -1.66. The lowest BCUT2D eigenvalue weighted by molar-refractivity contribution is -0.148. The molecule has 0 aromatic carbocycles. The molecule has 0 aliphatic carbocycles. The summed E-state index contributed by atoms with van der Waals surface area (Å²) in [6, 6.07) is 1.79. The van der Waals surface area contributed by atoms with E-state index < -0.39 is 12.0 Å². The van der Waals surface area contributed by atoms with Gasteiger partial charge in [0.25, 0.3) is 0 Å². The fourth-order valence-electron chi connectivity index (χ4n) is 2.23. The molecule has 0 fully saturated rings. The van der Waals surface area contributed by atoms with Crippen LogP contribution in [0.1, 0.15) is 18.6 Å². The van der Waals surface area contributed by atoms with E-state index in [1.165, 1.54) is 0 Å². The van der Waals surface area contributed by atoms with E-state index in [9.17, 15) is 13.2 Å². The highest BCUT2D eigenvalue weighted by Gasteiger charge is 2.39. The third-order valence-corrected chi connectivity index (χ3v) is 3.13. The molecule has 1 N–H and O–H groups in total. The van der Waals surface area contributed by atoms with Crippen LogP contribution < -0.4 is 5.32 Å². The SMILES string of the molecule is CCNC(C#N)CN1CCn2c(nnc2C(F)(F)F)C1. The Morgan fingerprint density at radius 3 is 2.75 bits per heavy atom.